The maximum Gasteiger partial charge on any atom is 0.280 e. The Balaban J connectivity index is 1.55. The number of H-pyrrole nitrogens is 1. The average Bonchev–Trinajstić information content (AvgIpc) is 2.83. The number of fused-ring (bicyclic) bond motifs is 2. The Bertz CT molecular complexity index is 792. The average molecular weight is 389 g/mol. The van der Waals surface area contributed by atoms with E-state index < -0.39 is 0 Å². The molecule has 3 heterocycles. The van der Waals surface area contributed by atoms with Crippen molar-refractivity contribution in [1.82, 2.24) is 15.1 Å². The van der Waals surface area contributed by atoms with Crippen LogP contribution >= 0.6 is 15.9 Å². The standard InChI is InChI=1S/C18H21BrN4O/c1-12-4-2-3-5-13(12)9-22-10-14-6-7-15(11-22)23(14)16-8-20-21-18(24)17(16)19/h2-5,8,14-15H,6-7,9-11H2,1H3,(H,21,24). The zero-order valence-corrected chi connectivity index (χ0v) is 15.3. The van der Waals surface area contributed by atoms with Gasteiger partial charge in [0, 0.05) is 31.7 Å². The van der Waals surface area contributed by atoms with Gasteiger partial charge < -0.3 is 4.90 Å². The number of nitrogens with one attached hydrogen (secondary N) is 1. The fraction of sp³-hybridized carbons (Fsp3) is 0.444. The molecule has 2 aliphatic rings. The van der Waals surface area contributed by atoms with Crippen LogP contribution in [0.4, 0.5) is 5.69 Å². The maximum atomic E-state index is 11.9. The number of nitrogens with zero attached hydrogens (tertiary/aromatic N) is 3. The van der Waals surface area contributed by atoms with E-state index in [0.717, 1.165) is 25.3 Å². The van der Waals surface area contributed by atoms with Gasteiger partial charge in [0.1, 0.15) is 4.47 Å². The number of hydrogen-bond donors (Lipinski definition) is 1. The van der Waals surface area contributed by atoms with Gasteiger partial charge in [0.2, 0.25) is 0 Å². The minimum absolute atomic E-state index is 0.158. The van der Waals surface area contributed by atoms with Crippen LogP contribution in [0.5, 0.6) is 0 Å². The monoisotopic (exact) mass is 388 g/mol. The molecule has 4 rings (SSSR count). The molecule has 2 bridgehead atoms. The third kappa shape index (κ3) is 2.78. The summed E-state index contributed by atoms with van der Waals surface area (Å²) >= 11 is 3.44. The number of likely N-dealkylation sites (tertiary alicyclic amines) is 1. The third-order valence-corrected chi connectivity index (χ3v) is 6.03. The topological polar surface area (TPSA) is 52.2 Å². The Hall–Kier alpha value is -1.66. The molecular weight excluding hydrogens is 368 g/mol. The summed E-state index contributed by atoms with van der Waals surface area (Å²) in [4.78, 5) is 16.8. The number of anilines is 1. The van der Waals surface area contributed by atoms with Crippen LogP contribution in [0.15, 0.2) is 39.7 Å². The van der Waals surface area contributed by atoms with Gasteiger partial charge in [-0.05, 0) is 46.8 Å². The molecule has 0 aliphatic carbocycles. The van der Waals surface area contributed by atoms with Crippen molar-refractivity contribution < 1.29 is 0 Å². The highest BCUT2D eigenvalue weighted by molar-refractivity contribution is 9.10. The number of aromatic nitrogens is 2. The lowest BCUT2D eigenvalue weighted by molar-refractivity contribution is 0.211. The summed E-state index contributed by atoms with van der Waals surface area (Å²) in [5.41, 5.74) is 3.54. The highest BCUT2D eigenvalue weighted by Crippen LogP contribution is 2.37. The Labute approximate surface area is 149 Å². The summed E-state index contributed by atoms with van der Waals surface area (Å²) in [5, 5.41) is 6.48. The zero-order chi connectivity index (χ0) is 16.7. The molecule has 1 aromatic heterocycles. The first-order chi connectivity index (χ1) is 11.6. The summed E-state index contributed by atoms with van der Waals surface area (Å²) < 4.78 is 0.599. The third-order valence-electron chi connectivity index (χ3n) is 5.27. The van der Waals surface area contributed by atoms with E-state index in [1.807, 2.05) is 0 Å². The van der Waals surface area contributed by atoms with Gasteiger partial charge >= 0.3 is 0 Å². The number of piperazine rings is 1. The molecule has 2 atom stereocenters. The van der Waals surface area contributed by atoms with Crippen molar-refractivity contribution in [3.05, 3.63) is 56.4 Å². The summed E-state index contributed by atoms with van der Waals surface area (Å²) in [7, 11) is 0. The van der Waals surface area contributed by atoms with E-state index in [1.165, 1.54) is 24.0 Å². The summed E-state index contributed by atoms with van der Waals surface area (Å²) in [6.45, 7) is 5.25. The minimum Gasteiger partial charge on any atom is -0.361 e. The van der Waals surface area contributed by atoms with Crippen LogP contribution in [0.25, 0.3) is 0 Å². The lowest BCUT2D eigenvalue weighted by Gasteiger charge is -2.42. The number of benzene rings is 1. The SMILES string of the molecule is Cc1ccccc1CN1CC2CCC(C1)N2c1cn[nH]c(=O)c1Br. The van der Waals surface area contributed by atoms with Gasteiger partial charge in [0.25, 0.3) is 5.56 Å². The molecule has 2 aromatic rings. The van der Waals surface area contributed by atoms with Crippen molar-refractivity contribution in [3.8, 4) is 0 Å². The first-order valence-electron chi connectivity index (χ1n) is 8.42. The van der Waals surface area contributed by atoms with Crippen LogP contribution in [0.3, 0.4) is 0 Å². The molecule has 2 saturated heterocycles. The number of aryl methyl sites for hydroxylation is 1. The van der Waals surface area contributed by atoms with Crippen molar-refractivity contribution >= 4 is 21.6 Å². The van der Waals surface area contributed by atoms with Gasteiger partial charge in [-0.25, -0.2) is 5.10 Å². The van der Waals surface area contributed by atoms with Crippen LogP contribution < -0.4 is 10.5 Å². The summed E-state index contributed by atoms with van der Waals surface area (Å²) in [5.74, 6) is 0. The Kier molecular flexibility index (Phi) is 4.18. The second kappa shape index (κ2) is 6.33. The fourth-order valence-corrected chi connectivity index (χ4v) is 4.49. The number of rotatable bonds is 3. The first-order valence-corrected chi connectivity index (χ1v) is 9.21. The van der Waals surface area contributed by atoms with Gasteiger partial charge in [-0.1, -0.05) is 24.3 Å². The maximum absolute atomic E-state index is 11.9. The molecule has 0 radical (unpaired) electrons. The zero-order valence-electron chi connectivity index (χ0n) is 13.7. The quantitative estimate of drug-likeness (QED) is 0.877. The van der Waals surface area contributed by atoms with Crippen LogP contribution in [0, 0.1) is 6.92 Å². The number of hydrogen-bond acceptors (Lipinski definition) is 4. The Morgan fingerprint density at radius 1 is 1.25 bits per heavy atom. The highest BCUT2D eigenvalue weighted by Gasteiger charge is 2.41. The van der Waals surface area contributed by atoms with Crippen LogP contribution in [-0.4, -0.2) is 40.3 Å². The van der Waals surface area contributed by atoms with E-state index in [0.29, 0.717) is 16.6 Å². The predicted octanol–water partition coefficient (Wildman–Crippen LogP) is 2.69. The molecular formula is C18H21BrN4O. The van der Waals surface area contributed by atoms with E-state index in [-0.39, 0.29) is 5.56 Å². The summed E-state index contributed by atoms with van der Waals surface area (Å²) in [6, 6.07) is 9.52. The first kappa shape index (κ1) is 15.8. The molecule has 0 spiro atoms. The molecule has 0 amide bonds. The molecule has 2 aliphatic heterocycles. The molecule has 0 saturated carbocycles. The van der Waals surface area contributed by atoms with Crippen LogP contribution in [-0.2, 0) is 6.54 Å². The smallest absolute Gasteiger partial charge is 0.280 e. The van der Waals surface area contributed by atoms with Gasteiger partial charge in [-0.2, -0.15) is 5.10 Å². The van der Waals surface area contributed by atoms with Crippen molar-refractivity contribution in [2.75, 3.05) is 18.0 Å². The lowest BCUT2D eigenvalue weighted by Crippen LogP contribution is -2.54. The number of halogens is 1. The molecule has 24 heavy (non-hydrogen) atoms. The predicted molar refractivity (Wildman–Crippen MR) is 98.3 cm³/mol. The van der Waals surface area contributed by atoms with E-state index in [1.54, 1.807) is 6.20 Å². The van der Waals surface area contributed by atoms with Crippen molar-refractivity contribution in [1.29, 1.82) is 0 Å². The van der Waals surface area contributed by atoms with E-state index in [4.69, 9.17) is 0 Å². The van der Waals surface area contributed by atoms with Crippen molar-refractivity contribution in [3.63, 3.8) is 0 Å². The van der Waals surface area contributed by atoms with E-state index >= 15 is 0 Å². The normalized spacial score (nSPS) is 23.7. The summed E-state index contributed by atoms with van der Waals surface area (Å²) in [6.07, 6.45) is 4.12. The lowest BCUT2D eigenvalue weighted by atomic mass is 10.1. The highest BCUT2D eigenvalue weighted by atomic mass is 79.9. The largest absolute Gasteiger partial charge is 0.361 e. The van der Waals surface area contributed by atoms with Crippen LogP contribution in [0.2, 0.25) is 0 Å². The molecule has 2 fully saturated rings. The Morgan fingerprint density at radius 2 is 1.96 bits per heavy atom. The second-order valence-corrected chi connectivity index (χ2v) is 7.60. The van der Waals surface area contributed by atoms with Gasteiger partial charge in [0.05, 0.1) is 11.9 Å². The van der Waals surface area contributed by atoms with Crippen LogP contribution in [0.1, 0.15) is 24.0 Å². The van der Waals surface area contributed by atoms with E-state index in [2.05, 4.69) is 67.1 Å². The van der Waals surface area contributed by atoms with Gasteiger partial charge in [-0.15, -0.1) is 0 Å². The number of aromatic amines is 1. The molecule has 2 unspecified atom stereocenters. The van der Waals surface area contributed by atoms with Crippen molar-refractivity contribution in [2.45, 2.75) is 38.4 Å². The molecule has 6 heteroatoms. The van der Waals surface area contributed by atoms with E-state index in [9.17, 15) is 4.79 Å². The van der Waals surface area contributed by atoms with Gasteiger partial charge in [-0.3, -0.25) is 9.69 Å². The molecule has 1 N–H and O–H groups in total. The minimum atomic E-state index is -0.158. The molecule has 1 aromatic carbocycles. The Morgan fingerprint density at radius 3 is 2.67 bits per heavy atom. The molecule has 5 nitrogen and oxygen atoms in total. The second-order valence-electron chi connectivity index (χ2n) is 6.81. The van der Waals surface area contributed by atoms with Gasteiger partial charge in [0.15, 0.2) is 0 Å². The fourth-order valence-electron chi connectivity index (χ4n) is 4.10. The van der Waals surface area contributed by atoms with Crippen molar-refractivity contribution in [2.24, 2.45) is 0 Å². The molecule has 126 valence electrons.